The lowest BCUT2D eigenvalue weighted by Gasteiger charge is -2.25. The van der Waals surface area contributed by atoms with E-state index in [4.69, 9.17) is 0 Å². The topological polar surface area (TPSA) is 38.1 Å². The molecule has 22 heavy (non-hydrogen) atoms. The highest BCUT2D eigenvalue weighted by Crippen LogP contribution is 2.50. The average Bonchev–Trinajstić information content (AvgIpc) is 3.21. The largest absolute Gasteiger partial charge is 0.388 e. The van der Waals surface area contributed by atoms with E-state index < -0.39 is 6.10 Å². The van der Waals surface area contributed by atoms with E-state index in [2.05, 4.69) is 52.0 Å². The lowest BCUT2D eigenvalue weighted by Crippen LogP contribution is -2.21. The fourth-order valence-corrected chi connectivity index (χ4v) is 4.20. The third-order valence-electron chi connectivity index (χ3n) is 5.16. The molecule has 1 aliphatic heterocycles. The van der Waals surface area contributed by atoms with Crippen LogP contribution >= 0.6 is 0 Å². The normalized spacial score (nSPS) is 24.9. The van der Waals surface area contributed by atoms with Crippen LogP contribution in [0.25, 0.3) is 11.3 Å². The van der Waals surface area contributed by atoms with Crippen molar-refractivity contribution in [3.8, 4) is 11.3 Å². The van der Waals surface area contributed by atoms with E-state index in [-0.39, 0.29) is 12.0 Å². The van der Waals surface area contributed by atoms with E-state index in [0.717, 1.165) is 17.7 Å². The number of aliphatic hydroxyl groups is 1. The monoisotopic (exact) mass is 288 g/mol. The molecule has 3 nitrogen and oxygen atoms in total. The Bertz CT molecular complexity index is 867. The maximum absolute atomic E-state index is 10.9. The van der Waals surface area contributed by atoms with Gasteiger partial charge in [0.15, 0.2) is 0 Å². The summed E-state index contributed by atoms with van der Waals surface area (Å²) in [5.74, 6) is 0.161. The maximum Gasteiger partial charge on any atom is 0.0956 e. The number of hydrogen-bond donors (Lipinski definition) is 1. The molecule has 2 aromatic carbocycles. The van der Waals surface area contributed by atoms with Crippen molar-refractivity contribution in [3.05, 3.63) is 77.7 Å². The smallest absolute Gasteiger partial charge is 0.0956 e. The Hall–Kier alpha value is -2.39. The number of hydrogen-bond acceptors (Lipinski definition) is 2. The van der Waals surface area contributed by atoms with Gasteiger partial charge in [0.05, 0.1) is 30.4 Å². The quantitative estimate of drug-likeness (QED) is 0.745. The molecule has 1 aromatic heterocycles. The fraction of sp³-hybridized carbons (Fsp3) is 0.211. The van der Waals surface area contributed by atoms with E-state index in [0.29, 0.717) is 0 Å². The molecule has 0 saturated heterocycles. The van der Waals surface area contributed by atoms with Crippen molar-refractivity contribution in [1.29, 1.82) is 0 Å². The molecule has 108 valence electrons. The van der Waals surface area contributed by atoms with Crippen molar-refractivity contribution in [3.63, 3.8) is 0 Å². The Morgan fingerprint density at radius 3 is 2.64 bits per heavy atom. The first kappa shape index (κ1) is 12.2. The van der Waals surface area contributed by atoms with Gasteiger partial charge in [-0.3, -0.25) is 0 Å². The first-order chi connectivity index (χ1) is 10.8. The Balaban J connectivity index is 1.66. The summed E-state index contributed by atoms with van der Waals surface area (Å²) in [5.41, 5.74) is 6.05. The molecule has 0 radical (unpaired) electrons. The summed E-state index contributed by atoms with van der Waals surface area (Å²) in [6.45, 7) is 0. The van der Waals surface area contributed by atoms with E-state index in [1.807, 2.05) is 18.6 Å². The van der Waals surface area contributed by atoms with E-state index in [1.165, 1.54) is 16.7 Å². The van der Waals surface area contributed by atoms with Crippen LogP contribution in [0.2, 0.25) is 0 Å². The standard InChI is InChI=1S/C19H16N2O/c22-19-13-6-2-1-5-12(13)9-16(19)18-15-8-4-3-7-14(15)17-10-20-11-21(17)18/h1-8,10-11,16,18-19,22H,9H2/t16-,18-,19+/m1/s1. The maximum atomic E-state index is 10.9. The van der Waals surface area contributed by atoms with Crippen molar-refractivity contribution in [2.75, 3.05) is 0 Å². The second-order valence-electron chi connectivity index (χ2n) is 6.23. The summed E-state index contributed by atoms with van der Waals surface area (Å²) in [4.78, 5) is 4.32. The fourth-order valence-electron chi connectivity index (χ4n) is 4.20. The van der Waals surface area contributed by atoms with Crippen molar-refractivity contribution in [2.45, 2.75) is 18.6 Å². The highest BCUT2D eigenvalue weighted by atomic mass is 16.3. The molecule has 0 spiro atoms. The third-order valence-corrected chi connectivity index (χ3v) is 5.16. The lowest BCUT2D eigenvalue weighted by atomic mass is 9.88. The number of imidazole rings is 1. The van der Waals surface area contributed by atoms with Gasteiger partial charge < -0.3 is 9.67 Å². The summed E-state index contributed by atoms with van der Waals surface area (Å²) in [5, 5.41) is 10.9. The minimum absolute atomic E-state index is 0.161. The predicted octanol–water partition coefficient (Wildman–Crippen LogP) is 3.36. The van der Waals surface area contributed by atoms with Crippen LogP contribution in [0.1, 0.15) is 28.8 Å². The Kier molecular flexibility index (Phi) is 2.38. The summed E-state index contributed by atoms with van der Waals surface area (Å²) >= 11 is 0. The van der Waals surface area contributed by atoms with Crippen LogP contribution in [0.4, 0.5) is 0 Å². The van der Waals surface area contributed by atoms with Gasteiger partial charge in [-0.2, -0.15) is 0 Å². The van der Waals surface area contributed by atoms with Crippen LogP contribution in [-0.2, 0) is 6.42 Å². The Morgan fingerprint density at radius 2 is 1.77 bits per heavy atom. The molecule has 3 aromatic rings. The molecule has 0 saturated carbocycles. The van der Waals surface area contributed by atoms with Crippen molar-refractivity contribution in [2.24, 2.45) is 5.92 Å². The third kappa shape index (κ3) is 1.46. The summed E-state index contributed by atoms with van der Waals surface area (Å²) in [6.07, 6.45) is 4.32. The number of fused-ring (bicyclic) bond motifs is 4. The number of nitrogens with zero attached hydrogens (tertiary/aromatic N) is 2. The van der Waals surface area contributed by atoms with Crippen LogP contribution < -0.4 is 0 Å². The molecule has 3 heteroatoms. The van der Waals surface area contributed by atoms with E-state index in [9.17, 15) is 5.11 Å². The van der Waals surface area contributed by atoms with Gasteiger partial charge in [0.25, 0.3) is 0 Å². The van der Waals surface area contributed by atoms with Crippen molar-refractivity contribution in [1.82, 2.24) is 9.55 Å². The SMILES string of the molecule is O[C@H]1c2ccccc2C[C@@H]1[C@H]1c2ccccc2-c2cncn21. The summed E-state index contributed by atoms with van der Waals surface area (Å²) in [7, 11) is 0. The van der Waals surface area contributed by atoms with Gasteiger partial charge in [-0.1, -0.05) is 48.5 Å². The summed E-state index contributed by atoms with van der Waals surface area (Å²) < 4.78 is 2.23. The van der Waals surface area contributed by atoms with Crippen LogP contribution in [0.15, 0.2) is 61.1 Å². The number of benzene rings is 2. The van der Waals surface area contributed by atoms with Gasteiger partial charge in [-0.25, -0.2) is 4.98 Å². The molecule has 3 atom stereocenters. The number of rotatable bonds is 1. The van der Waals surface area contributed by atoms with Gasteiger partial charge in [0.2, 0.25) is 0 Å². The van der Waals surface area contributed by atoms with Gasteiger partial charge in [0.1, 0.15) is 0 Å². The molecule has 0 unspecified atom stereocenters. The molecule has 2 heterocycles. The van der Waals surface area contributed by atoms with Gasteiger partial charge in [-0.05, 0) is 23.1 Å². The minimum atomic E-state index is -0.414. The molecule has 2 aliphatic rings. The molecular formula is C19H16N2O. The van der Waals surface area contributed by atoms with E-state index >= 15 is 0 Å². The molecule has 1 aliphatic carbocycles. The first-order valence-corrected chi connectivity index (χ1v) is 7.71. The summed E-state index contributed by atoms with van der Waals surface area (Å²) in [6, 6.07) is 16.9. The zero-order valence-corrected chi connectivity index (χ0v) is 12.1. The van der Waals surface area contributed by atoms with Crippen LogP contribution in [0.5, 0.6) is 0 Å². The molecule has 1 N–H and O–H groups in total. The number of aromatic nitrogens is 2. The highest BCUT2D eigenvalue weighted by Gasteiger charge is 2.41. The van der Waals surface area contributed by atoms with Crippen LogP contribution in [-0.4, -0.2) is 14.7 Å². The van der Waals surface area contributed by atoms with Crippen molar-refractivity contribution >= 4 is 0 Å². The molecule has 0 fully saturated rings. The lowest BCUT2D eigenvalue weighted by molar-refractivity contribution is 0.102. The highest BCUT2D eigenvalue weighted by molar-refractivity contribution is 5.69. The van der Waals surface area contributed by atoms with Crippen LogP contribution in [0.3, 0.4) is 0 Å². The van der Waals surface area contributed by atoms with Gasteiger partial charge in [0, 0.05) is 11.5 Å². The zero-order chi connectivity index (χ0) is 14.7. The zero-order valence-electron chi connectivity index (χ0n) is 12.1. The first-order valence-electron chi connectivity index (χ1n) is 7.71. The minimum Gasteiger partial charge on any atom is -0.388 e. The van der Waals surface area contributed by atoms with Crippen LogP contribution in [0, 0.1) is 5.92 Å². The molecule has 5 rings (SSSR count). The second kappa shape index (κ2) is 4.31. The van der Waals surface area contributed by atoms with E-state index in [1.54, 1.807) is 0 Å². The van der Waals surface area contributed by atoms with Gasteiger partial charge in [-0.15, -0.1) is 0 Å². The van der Waals surface area contributed by atoms with Gasteiger partial charge >= 0.3 is 0 Å². The Morgan fingerprint density at radius 1 is 1.00 bits per heavy atom. The predicted molar refractivity (Wildman–Crippen MR) is 84.4 cm³/mol. The van der Waals surface area contributed by atoms with Crippen molar-refractivity contribution < 1.29 is 5.11 Å². The molecule has 0 amide bonds. The number of aliphatic hydroxyl groups excluding tert-OH is 1. The Labute approximate surface area is 128 Å². The molecule has 0 bridgehead atoms. The molecular weight excluding hydrogens is 272 g/mol. The average molecular weight is 288 g/mol. The second-order valence-corrected chi connectivity index (χ2v) is 6.23.